The molecule has 0 radical (unpaired) electrons. The lowest BCUT2D eigenvalue weighted by Crippen LogP contribution is -2.36. The first kappa shape index (κ1) is 15.6. The van der Waals surface area contributed by atoms with Gasteiger partial charge in [0.25, 0.3) is 5.91 Å². The predicted octanol–water partition coefficient (Wildman–Crippen LogP) is 2.06. The van der Waals surface area contributed by atoms with Gasteiger partial charge in [-0.15, -0.1) is 0 Å². The molecule has 19 heavy (non-hydrogen) atoms. The number of nitrogens with zero attached hydrogens (tertiary/aromatic N) is 2. The van der Waals surface area contributed by atoms with Crippen LogP contribution in [0.3, 0.4) is 0 Å². The molecule has 1 amide bonds. The highest BCUT2D eigenvalue weighted by molar-refractivity contribution is 5.80. The van der Waals surface area contributed by atoms with E-state index >= 15 is 0 Å². The number of carbonyl (C=O) groups excluding carboxylic acids is 1. The van der Waals surface area contributed by atoms with E-state index in [9.17, 15) is 9.90 Å². The number of aromatic nitrogens is 1. The number of aryl methyl sites for hydroxylation is 2. The summed E-state index contributed by atoms with van der Waals surface area (Å²) >= 11 is 0. The number of hydrogen-bond donors (Lipinski definition) is 1. The summed E-state index contributed by atoms with van der Waals surface area (Å²) in [5.41, 5.74) is 2.93. The van der Waals surface area contributed by atoms with Gasteiger partial charge in [0.2, 0.25) is 0 Å². The SMILES string of the molecule is Cc1cc(C)nc(CN(C)C(=O)[C@@H](O)CC(C)C)c1. The molecule has 0 aliphatic heterocycles. The molecule has 1 aromatic heterocycles. The summed E-state index contributed by atoms with van der Waals surface area (Å²) in [6, 6.07) is 3.96. The first-order chi connectivity index (χ1) is 8.79. The summed E-state index contributed by atoms with van der Waals surface area (Å²) in [6.45, 7) is 8.35. The summed E-state index contributed by atoms with van der Waals surface area (Å²) in [6.07, 6.45) is -0.431. The van der Waals surface area contributed by atoms with Crippen molar-refractivity contribution < 1.29 is 9.90 Å². The van der Waals surface area contributed by atoms with Gasteiger partial charge in [0.1, 0.15) is 6.10 Å². The number of carbonyl (C=O) groups is 1. The normalized spacial score (nSPS) is 12.6. The van der Waals surface area contributed by atoms with Crippen LogP contribution in [0.4, 0.5) is 0 Å². The predicted molar refractivity (Wildman–Crippen MR) is 75.6 cm³/mol. The van der Waals surface area contributed by atoms with E-state index in [-0.39, 0.29) is 5.91 Å². The smallest absolute Gasteiger partial charge is 0.251 e. The maximum Gasteiger partial charge on any atom is 0.251 e. The zero-order valence-corrected chi connectivity index (χ0v) is 12.5. The maximum atomic E-state index is 12.0. The van der Waals surface area contributed by atoms with Gasteiger partial charge >= 0.3 is 0 Å². The number of likely N-dealkylation sites (N-methyl/N-ethyl adjacent to an activating group) is 1. The molecule has 1 N–H and O–H groups in total. The Morgan fingerprint density at radius 3 is 2.53 bits per heavy atom. The van der Waals surface area contributed by atoms with Gasteiger partial charge in [0, 0.05) is 12.7 Å². The first-order valence-corrected chi connectivity index (χ1v) is 6.66. The third-order valence-electron chi connectivity index (χ3n) is 2.91. The Hall–Kier alpha value is -1.42. The number of aliphatic hydroxyl groups is 1. The Labute approximate surface area is 115 Å². The minimum atomic E-state index is -0.920. The molecule has 0 bridgehead atoms. The second kappa shape index (κ2) is 6.66. The van der Waals surface area contributed by atoms with E-state index < -0.39 is 6.10 Å². The van der Waals surface area contributed by atoms with Crippen LogP contribution in [0.15, 0.2) is 12.1 Å². The van der Waals surface area contributed by atoms with Crippen LogP contribution in [-0.2, 0) is 11.3 Å². The van der Waals surface area contributed by atoms with E-state index in [2.05, 4.69) is 4.98 Å². The maximum absolute atomic E-state index is 12.0. The molecule has 0 saturated heterocycles. The molecule has 1 atom stereocenters. The van der Waals surface area contributed by atoms with Crippen LogP contribution in [0, 0.1) is 19.8 Å². The average molecular weight is 264 g/mol. The second-order valence-electron chi connectivity index (χ2n) is 5.62. The fourth-order valence-electron chi connectivity index (χ4n) is 2.13. The van der Waals surface area contributed by atoms with Crippen LogP contribution < -0.4 is 0 Å². The van der Waals surface area contributed by atoms with Gasteiger partial charge in [-0.1, -0.05) is 13.8 Å². The molecule has 4 nitrogen and oxygen atoms in total. The molecule has 0 spiro atoms. The molecule has 1 aromatic rings. The van der Waals surface area contributed by atoms with E-state index in [1.165, 1.54) is 4.90 Å². The molecule has 0 aliphatic rings. The second-order valence-corrected chi connectivity index (χ2v) is 5.62. The van der Waals surface area contributed by atoms with E-state index in [0.717, 1.165) is 17.0 Å². The lowest BCUT2D eigenvalue weighted by molar-refractivity contribution is -0.140. The Balaban J connectivity index is 2.68. The molecule has 0 saturated carbocycles. The minimum absolute atomic E-state index is 0.241. The molecular formula is C15H24N2O2. The summed E-state index contributed by atoms with van der Waals surface area (Å²) in [4.78, 5) is 17.9. The van der Waals surface area contributed by atoms with Crippen molar-refractivity contribution >= 4 is 5.91 Å². The highest BCUT2D eigenvalue weighted by atomic mass is 16.3. The van der Waals surface area contributed by atoms with Crippen LogP contribution >= 0.6 is 0 Å². The molecule has 1 heterocycles. The largest absolute Gasteiger partial charge is 0.383 e. The number of pyridine rings is 1. The zero-order valence-electron chi connectivity index (χ0n) is 12.5. The molecule has 4 heteroatoms. The quantitative estimate of drug-likeness (QED) is 0.885. The number of aliphatic hydroxyl groups excluding tert-OH is 1. The number of amides is 1. The summed E-state index contributed by atoms with van der Waals surface area (Å²) in [7, 11) is 1.70. The lowest BCUT2D eigenvalue weighted by Gasteiger charge is -2.21. The van der Waals surface area contributed by atoms with Crippen molar-refractivity contribution in [1.82, 2.24) is 9.88 Å². The van der Waals surface area contributed by atoms with E-state index in [1.54, 1.807) is 7.05 Å². The van der Waals surface area contributed by atoms with E-state index in [4.69, 9.17) is 0 Å². The van der Waals surface area contributed by atoms with Crippen molar-refractivity contribution in [3.63, 3.8) is 0 Å². The highest BCUT2D eigenvalue weighted by Crippen LogP contribution is 2.10. The van der Waals surface area contributed by atoms with Crippen molar-refractivity contribution in [3.8, 4) is 0 Å². The lowest BCUT2D eigenvalue weighted by atomic mass is 10.1. The van der Waals surface area contributed by atoms with Gasteiger partial charge in [0.05, 0.1) is 12.2 Å². The van der Waals surface area contributed by atoms with Crippen LogP contribution in [-0.4, -0.2) is 34.0 Å². The third kappa shape index (κ3) is 4.99. The molecule has 106 valence electrons. The Bertz CT molecular complexity index is 424. The van der Waals surface area contributed by atoms with Crippen molar-refractivity contribution in [1.29, 1.82) is 0 Å². The van der Waals surface area contributed by atoms with Crippen molar-refractivity contribution in [2.24, 2.45) is 5.92 Å². The van der Waals surface area contributed by atoms with Crippen molar-refractivity contribution in [3.05, 3.63) is 29.1 Å². The zero-order chi connectivity index (χ0) is 14.6. The minimum Gasteiger partial charge on any atom is -0.383 e. The Morgan fingerprint density at radius 1 is 1.37 bits per heavy atom. The van der Waals surface area contributed by atoms with Crippen molar-refractivity contribution in [2.45, 2.75) is 46.8 Å². The Morgan fingerprint density at radius 2 is 2.00 bits per heavy atom. The molecule has 0 aliphatic carbocycles. The first-order valence-electron chi connectivity index (χ1n) is 6.66. The monoisotopic (exact) mass is 264 g/mol. The molecular weight excluding hydrogens is 240 g/mol. The van der Waals surface area contributed by atoms with Crippen molar-refractivity contribution in [2.75, 3.05) is 7.05 Å². The molecule has 1 rings (SSSR count). The van der Waals surface area contributed by atoms with Crippen LogP contribution in [0.5, 0.6) is 0 Å². The van der Waals surface area contributed by atoms with Crippen LogP contribution in [0.1, 0.15) is 37.2 Å². The summed E-state index contributed by atoms with van der Waals surface area (Å²) in [5.74, 6) is 0.0568. The standard InChI is InChI=1S/C15H24N2O2/c1-10(2)6-14(18)15(19)17(5)9-13-8-11(3)7-12(4)16-13/h7-8,10,14,18H,6,9H2,1-5H3/t14-/m0/s1. The number of hydrogen-bond acceptors (Lipinski definition) is 3. The van der Waals surface area contributed by atoms with Gasteiger partial charge < -0.3 is 10.0 Å². The average Bonchev–Trinajstić information content (AvgIpc) is 2.25. The molecule has 0 aromatic carbocycles. The summed E-state index contributed by atoms with van der Waals surface area (Å²) in [5, 5.41) is 9.83. The molecule has 0 unspecified atom stereocenters. The van der Waals surface area contributed by atoms with Gasteiger partial charge in [-0.05, 0) is 43.9 Å². The third-order valence-corrected chi connectivity index (χ3v) is 2.91. The fourth-order valence-corrected chi connectivity index (χ4v) is 2.13. The van der Waals surface area contributed by atoms with Gasteiger partial charge in [-0.25, -0.2) is 0 Å². The Kier molecular flexibility index (Phi) is 5.48. The highest BCUT2D eigenvalue weighted by Gasteiger charge is 2.20. The fraction of sp³-hybridized carbons (Fsp3) is 0.600. The van der Waals surface area contributed by atoms with Crippen LogP contribution in [0.2, 0.25) is 0 Å². The van der Waals surface area contributed by atoms with Gasteiger partial charge in [-0.2, -0.15) is 0 Å². The molecule has 0 fully saturated rings. The topological polar surface area (TPSA) is 53.4 Å². The van der Waals surface area contributed by atoms with Gasteiger partial charge in [-0.3, -0.25) is 9.78 Å². The van der Waals surface area contributed by atoms with Gasteiger partial charge in [0.15, 0.2) is 0 Å². The van der Waals surface area contributed by atoms with Crippen LogP contribution in [0.25, 0.3) is 0 Å². The van der Waals surface area contributed by atoms with E-state index in [1.807, 2.05) is 39.8 Å². The van der Waals surface area contributed by atoms with E-state index in [0.29, 0.717) is 18.9 Å². The summed E-state index contributed by atoms with van der Waals surface area (Å²) < 4.78 is 0. The number of rotatable bonds is 5.